The molecule has 0 saturated carbocycles. The average molecular weight is 204 g/mol. The van der Waals surface area contributed by atoms with Crippen molar-refractivity contribution in [3.05, 3.63) is 12.2 Å². The monoisotopic (exact) mass is 204 g/mol. The lowest BCUT2D eigenvalue weighted by atomic mass is 10.1. The molecule has 0 aromatic heterocycles. The maximum Gasteiger partial charge on any atom is -0.0351 e. The van der Waals surface area contributed by atoms with E-state index in [0.29, 0.717) is 0 Å². The van der Waals surface area contributed by atoms with E-state index in [-0.39, 0.29) is 9.90 Å². The van der Waals surface area contributed by atoms with Gasteiger partial charge in [0.15, 0.2) is 0 Å². The Morgan fingerprint density at radius 3 is 1.92 bits per heavy atom. The molecule has 82 valence electrons. The summed E-state index contributed by atoms with van der Waals surface area (Å²) in [4.78, 5) is 0. The summed E-state index contributed by atoms with van der Waals surface area (Å²) in [6.45, 7) is 8.35. The highest BCUT2D eigenvalue weighted by Gasteiger charge is 1.84. The molecule has 0 bridgehead atoms. The fourth-order valence-electron chi connectivity index (χ4n) is 1.03. The van der Waals surface area contributed by atoms with Crippen LogP contribution in [-0.2, 0) is 0 Å². The van der Waals surface area contributed by atoms with E-state index in [1.165, 1.54) is 38.5 Å². The van der Waals surface area contributed by atoms with Crippen LogP contribution in [0.25, 0.3) is 0 Å². The van der Waals surface area contributed by atoms with Crippen LogP contribution in [0.4, 0.5) is 0 Å². The second-order valence-electron chi connectivity index (χ2n) is 2.77. The zero-order valence-electron chi connectivity index (χ0n) is 10.1. The molecule has 0 aliphatic rings. The highest BCUT2D eigenvalue weighted by atomic mass is 31.0. The zero-order valence-corrected chi connectivity index (χ0v) is 11.5. The van der Waals surface area contributed by atoms with Gasteiger partial charge >= 0.3 is 0 Å². The minimum absolute atomic E-state index is 0. The van der Waals surface area contributed by atoms with Crippen molar-refractivity contribution < 1.29 is 0 Å². The third-order valence-electron chi connectivity index (χ3n) is 1.71. The Bertz CT molecular complexity index is 77.2. The van der Waals surface area contributed by atoms with Gasteiger partial charge in [-0.15, -0.1) is 0 Å². The summed E-state index contributed by atoms with van der Waals surface area (Å²) in [6, 6.07) is 0. The van der Waals surface area contributed by atoms with E-state index in [1.807, 2.05) is 13.8 Å². The highest BCUT2D eigenvalue weighted by molar-refractivity contribution is 6.92. The molecule has 0 saturated heterocycles. The van der Waals surface area contributed by atoms with Crippen molar-refractivity contribution in [1.82, 2.24) is 0 Å². The van der Waals surface area contributed by atoms with Crippen molar-refractivity contribution >= 4 is 9.90 Å². The first-order valence-electron chi connectivity index (χ1n) is 5.53. The first-order chi connectivity index (χ1) is 5.91. The van der Waals surface area contributed by atoms with Gasteiger partial charge in [-0.05, 0) is 19.8 Å². The van der Waals surface area contributed by atoms with Crippen LogP contribution >= 0.6 is 9.90 Å². The Morgan fingerprint density at radius 1 is 0.923 bits per heavy atom. The molecule has 0 rings (SSSR count). The smallest absolute Gasteiger partial charge is 0.0351 e. The normalized spacial score (nSPS) is 8.92. The minimum atomic E-state index is 0. The summed E-state index contributed by atoms with van der Waals surface area (Å²) in [6.07, 6.45) is 12.7. The van der Waals surface area contributed by atoms with Gasteiger partial charge < -0.3 is 0 Å². The van der Waals surface area contributed by atoms with Gasteiger partial charge in [0, 0.05) is 0 Å². The molecular weight excluding hydrogens is 175 g/mol. The van der Waals surface area contributed by atoms with E-state index in [1.54, 1.807) is 0 Å². The van der Waals surface area contributed by atoms with Crippen LogP contribution in [0.5, 0.6) is 0 Å². The van der Waals surface area contributed by atoms with E-state index in [0.717, 1.165) is 0 Å². The van der Waals surface area contributed by atoms with Gasteiger partial charge in [-0.1, -0.05) is 58.6 Å². The standard InChI is InChI=1S/C10H20.C2H6.H3P/c1-3-5-7-9-10-8-6-4-2;1-2;/h3,5H,4,6-10H2,1-2H3;1-2H3;1H3/b5-3-;;. The summed E-state index contributed by atoms with van der Waals surface area (Å²) in [5, 5.41) is 0. The molecular formula is C12H29P. The predicted octanol–water partition coefficient (Wildman–Crippen LogP) is 5.01. The summed E-state index contributed by atoms with van der Waals surface area (Å²) >= 11 is 0. The first-order valence-corrected chi connectivity index (χ1v) is 5.53. The molecule has 0 amide bonds. The molecule has 0 aromatic carbocycles. The first kappa shape index (κ1) is 18.9. The Morgan fingerprint density at radius 2 is 1.46 bits per heavy atom. The molecule has 0 aromatic rings. The van der Waals surface area contributed by atoms with Gasteiger partial charge in [-0.3, -0.25) is 0 Å². The summed E-state index contributed by atoms with van der Waals surface area (Å²) in [5.74, 6) is 0. The Labute approximate surface area is 88.8 Å². The molecule has 1 unspecified atom stereocenters. The van der Waals surface area contributed by atoms with Gasteiger partial charge in [-0.2, -0.15) is 9.90 Å². The van der Waals surface area contributed by atoms with Gasteiger partial charge in [-0.25, -0.2) is 0 Å². The molecule has 1 heteroatoms. The second kappa shape index (κ2) is 22.7. The second-order valence-corrected chi connectivity index (χ2v) is 2.77. The van der Waals surface area contributed by atoms with Crippen LogP contribution in [0, 0.1) is 0 Å². The van der Waals surface area contributed by atoms with Crippen molar-refractivity contribution in [2.45, 2.75) is 66.2 Å². The van der Waals surface area contributed by atoms with Gasteiger partial charge in [0.1, 0.15) is 0 Å². The summed E-state index contributed by atoms with van der Waals surface area (Å²) in [5.41, 5.74) is 0. The number of allylic oxidation sites excluding steroid dienone is 2. The van der Waals surface area contributed by atoms with Gasteiger partial charge in [0.05, 0.1) is 0 Å². The third kappa shape index (κ3) is 24.5. The number of hydrogen-bond acceptors (Lipinski definition) is 0. The van der Waals surface area contributed by atoms with Gasteiger partial charge in [0.25, 0.3) is 0 Å². The number of rotatable bonds is 6. The zero-order chi connectivity index (χ0) is 9.66. The Balaban J connectivity index is -0.000000309. The van der Waals surface area contributed by atoms with Crippen LogP contribution in [0.2, 0.25) is 0 Å². The Kier molecular flexibility index (Phi) is 33.0. The predicted molar refractivity (Wildman–Crippen MR) is 70.6 cm³/mol. The SMILES string of the molecule is C/C=C\CCCCCCC.CC.P. The Hall–Kier alpha value is 0.170. The lowest BCUT2D eigenvalue weighted by Gasteiger charge is -1.95. The van der Waals surface area contributed by atoms with Crippen LogP contribution in [0.3, 0.4) is 0 Å². The maximum atomic E-state index is 2.26. The van der Waals surface area contributed by atoms with Crippen molar-refractivity contribution in [3.8, 4) is 0 Å². The van der Waals surface area contributed by atoms with Gasteiger partial charge in [0.2, 0.25) is 0 Å². The third-order valence-corrected chi connectivity index (χ3v) is 1.71. The molecule has 0 aliphatic carbocycles. The largest absolute Gasteiger partial charge is 0.153 e. The van der Waals surface area contributed by atoms with Crippen LogP contribution < -0.4 is 0 Å². The van der Waals surface area contributed by atoms with Crippen LogP contribution in [-0.4, -0.2) is 0 Å². The molecule has 0 radical (unpaired) electrons. The molecule has 0 fully saturated rings. The minimum Gasteiger partial charge on any atom is -0.153 e. The highest BCUT2D eigenvalue weighted by Crippen LogP contribution is 2.04. The molecule has 0 heterocycles. The quantitative estimate of drug-likeness (QED) is 0.324. The topological polar surface area (TPSA) is 0 Å². The molecule has 13 heavy (non-hydrogen) atoms. The molecule has 0 spiro atoms. The lowest BCUT2D eigenvalue weighted by Crippen LogP contribution is -1.75. The van der Waals surface area contributed by atoms with E-state index < -0.39 is 0 Å². The number of hydrogen-bond donors (Lipinski definition) is 0. The van der Waals surface area contributed by atoms with Crippen molar-refractivity contribution in [1.29, 1.82) is 0 Å². The fraction of sp³-hybridized carbons (Fsp3) is 0.833. The van der Waals surface area contributed by atoms with E-state index in [9.17, 15) is 0 Å². The van der Waals surface area contributed by atoms with Crippen LogP contribution in [0.15, 0.2) is 12.2 Å². The average Bonchev–Trinajstić information content (AvgIpc) is 2.15. The fourth-order valence-corrected chi connectivity index (χ4v) is 1.03. The van der Waals surface area contributed by atoms with Crippen LogP contribution in [0.1, 0.15) is 66.2 Å². The lowest BCUT2D eigenvalue weighted by molar-refractivity contribution is 0.637. The number of unbranched alkanes of at least 4 members (excludes halogenated alkanes) is 5. The summed E-state index contributed by atoms with van der Waals surface area (Å²) < 4.78 is 0. The molecule has 0 N–H and O–H groups in total. The molecule has 1 atom stereocenters. The molecule has 0 aliphatic heterocycles. The van der Waals surface area contributed by atoms with Crippen molar-refractivity contribution in [3.63, 3.8) is 0 Å². The van der Waals surface area contributed by atoms with Crippen molar-refractivity contribution in [2.75, 3.05) is 0 Å². The van der Waals surface area contributed by atoms with E-state index in [4.69, 9.17) is 0 Å². The maximum absolute atomic E-state index is 2.26. The van der Waals surface area contributed by atoms with Crippen molar-refractivity contribution in [2.24, 2.45) is 0 Å². The summed E-state index contributed by atoms with van der Waals surface area (Å²) in [7, 11) is 0. The van der Waals surface area contributed by atoms with E-state index in [2.05, 4.69) is 26.0 Å². The van der Waals surface area contributed by atoms with E-state index >= 15 is 0 Å². The molecule has 0 nitrogen and oxygen atoms in total.